The number of nitrogens with zero attached hydrogens (tertiary/aromatic N) is 1. The van der Waals surface area contributed by atoms with E-state index in [1.807, 2.05) is 48.5 Å². The van der Waals surface area contributed by atoms with Crippen LogP contribution in [0.4, 0.5) is 0 Å². The molecule has 236 valence electrons. The van der Waals surface area contributed by atoms with E-state index in [0.29, 0.717) is 0 Å². The lowest BCUT2D eigenvalue weighted by atomic mass is 9.63. The SMILES string of the molecule is O=P(c1ccccc1)(c1ccc(C2(c3ccccc3)c3ccccc3-n3c4ccccc4c4cccc2c43)cc1)c1ccc2ccccc2c1. The van der Waals surface area contributed by atoms with Crippen LogP contribution in [-0.2, 0) is 9.98 Å². The lowest BCUT2D eigenvalue weighted by Crippen LogP contribution is -2.35. The standard InChI is InChI=1S/C47H32NOP/c49-50(37-18-5-2-6-19-37,39-29-26-33-14-7-8-15-34(33)32-39)38-30-27-36(28-31-38)47(35-16-3-1-4-17-35)42-22-10-12-25-45(42)48-44-24-11-9-20-40(44)41-21-13-23-43(47)46(41)48/h1-32H. The molecule has 8 aromatic carbocycles. The fourth-order valence-electron chi connectivity index (χ4n) is 8.56. The minimum absolute atomic E-state index is 0.611. The molecule has 9 aromatic rings. The molecule has 50 heavy (non-hydrogen) atoms. The zero-order valence-corrected chi connectivity index (χ0v) is 28.2. The number of rotatable bonds is 5. The second-order valence-electron chi connectivity index (χ2n) is 13.2. The molecule has 0 bridgehead atoms. The lowest BCUT2D eigenvalue weighted by molar-refractivity contribution is 0.592. The highest BCUT2D eigenvalue weighted by molar-refractivity contribution is 7.85. The molecule has 0 fully saturated rings. The average Bonchev–Trinajstić information content (AvgIpc) is 3.54. The van der Waals surface area contributed by atoms with Gasteiger partial charge in [0.2, 0.25) is 0 Å². The average molecular weight is 658 g/mol. The summed E-state index contributed by atoms with van der Waals surface area (Å²) in [4.78, 5) is 0. The van der Waals surface area contributed by atoms with E-state index >= 15 is 4.57 Å². The van der Waals surface area contributed by atoms with E-state index in [4.69, 9.17) is 0 Å². The smallest absolute Gasteiger partial charge is 0.171 e. The third-order valence-electron chi connectivity index (χ3n) is 10.7. The molecule has 2 atom stereocenters. The van der Waals surface area contributed by atoms with Crippen molar-refractivity contribution in [2.24, 2.45) is 0 Å². The van der Waals surface area contributed by atoms with Crippen molar-refractivity contribution < 1.29 is 4.57 Å². The lowest BCUT2D eigenvalue weighted by Gasteiger charge is -2.41. The van der Waals surface area contributed by atoms with Crippen LogP contribution in [-0.4, -0.2) is 4.57 Å². The summed E-state index contributed by atoms with van der Waals surface area (Å²) >= 11 is 0. The first-order valence-corrected chi connectivity index (χ1v) is 18.8. The highest BCUT2D eigenvalue weighted by atomic mass is 31.2. The second kappa shape index (κ2) is 11.0. The first kappa shape index (κ1) is 29.0. The van der Waals surface area contributed by atoms with Gasteiger partial charge in [0.25, 0.3) is 0 Å². The monoisotopic (exact) mass is 657 g/mol. The van der Waals surface area contributed by atoms with Gasteiger partial charge in [-0.1, -0.05) is 176 Å². The van der Waals surface area contributed by atoms with Gasteiger partial charge >= 0.3 is 0 Å². The number of benzene rings is 8. The van der Waals surface area contributed by atoms with Crippen LogP contribution in [0.5, 0.6) is 0 Å². The fourth-order valence-corrected chi connectivity index (χ4v) is 11.2. The Labute approximate surface area is 291 Å². The normalized spacial score (nSPS) is 16.3. The van der Waals surface area contributed by atoms with E-state index < -0.39 is 12.6 Å². The van der Waals surface area contributed by atoms with Crippen molar-refractivity contribution in [3.8, 4) is 5.69 Å². The Hall–Kier alpha value is -5.95. The van der Waals surface area contributed by atoms with Gasteiger partial charge in [0.15, 0.2) is 7.14 Å². The fraction of sp³-hybridized carbons (Fsp3) is 0.0213. The molecule has 2 nitrogen and oxygen atoms in total. The predicted octanol–water partition coefficient (Wildman–Crippen LogP) is 10.3. The molecular weight excluding hydrogens is 625 g/mol. The molecule has 2 unspecified atom stereocenters. The third kappa shape index (κ3) is 3.94. The zero-order chi connectivity index (χ0) is 33.3. The Morgan fingerprint density at radius 1 is 0.420 bits per heavy atom. The largest absolute Gasteiger partial charge is 0.309 e. The number of fused-ring (bicyclic) bond motifs is 6. The van der Waals surface area contributed by atoms with Crippen molar-refractivity contribution in [2.75, 3.05) is 0 Å². The number of hydrogen-bond acceptors (Lipinski definition) is 1. The summed E-state index contributed by atoms with van der Waals surface area (Å²) in [5, 5.41) is 7.21. The van der Waals surface area contributed by atoms with E-state index in [-0.39, 0.29) is 0 Å². The van der Waals surface area contributed by atoms with Crippen molar-refractivity contribution in [2.45, 2.75) is 5.41 Å². The van der Waals surface area contributed by atoms with E-state index in [1.165, 1.54) is 44.2 Å². The van der Waals surface area contributed by atoms with Gasteiger partial charge in [-0.2, -0.15) is 0 Å². The van der Waals surface area contributed by atoms with Gasteiger partial charge in [0, 0.05) is 26.7 Å². The molecular formula is C47H32NOP. The van der Waals surface area contributed by atoms with Crippen LogP contribution in [0.15, 0.2) is 194 Å². The summed E-state index contributed by atoms with van der Waals surface area (Å²) in [5.74, 6) is 0. The third-order valence-corrected chi connectivity index (χ3v) is 13.8. The first-order valence-electron chi connectivity index (χ1n) is 17.1. The van der Waals surface area contributed by atoms with Gasteiger partial charge in [0.1, 0.15) is 0 Å². The van der Waals surface area contributed by atoms with Gasteiger partial charge < -0.3 is 9.13 Å². The minimum Gasteiger partial charge on any atom is -0.309 e. The molecule has 0 aliphatic carbocycles. The topological polar surface area (TPSA) is 22.0 Å². The van der Waals surface area contributed by atoms with Crippen LogP contribution >= 0.6 is 7.14 Å². The maximum Gasteiger partial charge on any atom is 0.171 e. The molecule has 0 amide bonds. The number of para-hydroxylation sites is 3. The zero-order valence-electron chi connectivity index (χ0n) is 27.3. The van der Waals surface area contributed by atoms with Crippen LogP contribution in [0.1, 0.15) is 22.3 Å². The van der Waals surface area contributed by atoms with Gasteiger partial charge in [-0.3, -0.25) is 0 Å². The van der Waals surface area contributed by atoms with Gasteiger partial charge in [0.05, 0.1) is 22.1 Å². The Balaban J connectivity index is 1.26. The van der Waals surface area contributed by atoms with E-state index in [9.17, 15) is 0 Å². The Bertz CT molecular complexity index is 2780. The van der Waals surface area contributed by atoms with Crippen molar-refractivity contribution >= 4 is 55.6 Å². The molecule has 0 saturated heterocycles. The minimum atomic E-state index is -3.22. The summed E-state index contributed by atoms with van der Waals surface area (Å²) in [6, 6.07) is 68.4. The van der Waals surface area contributed by atoms with Crippen molar-refractivity contribution in [1.82, 2.24) is 4.57 Å². The van der Waals surface area contributed by atoms with E-state index in [0.717, 1.165) is 32.2 Å². The molecule has 1 aliphatic heterocycles. The van der Waals surface area contributed by atoms with Gasteiger partial charge in [-0.05, 0) is 51.2 Å². The van der Waals surface area contributed by atoms with Crippen LogP contribution in [0.3, 0.4) is 0 Å². The highest BCUT2D eigenvalue weighted by Crippen LogP contribution is 2.54. The summed E-state index contributed by atoms with van der Waals surface area (Å²) in [6.45, 7) is 0. The first-order chi connectivity index (χ1) is 24.7. The maximum absolute atomic E-state index is 15.7. The summed E-state index contributed by atoms with van der Waals surface area (Å²) in [7, 11) is -3.22. The van der Waals surface area contributed by atoms with Crippen molar-refractivity contribution in [3.63, 3.8) is 0 Å². The molecule has 2 heterocycles. The molecule has 0 radical (unpaired) electrons. The van der Waals surface area contributed by atoms with Crippen LogP contribution in [0, 0.1) is 0 Å². The molecule has 1 aromatic heterocycles. The Morgan fingerprint density at radius 3 is 1.82 bits per heavy atom. The molecule has 3 heteroatoms. The van der Waals surface area contributed by atoms with Crippen LogP contribution < -0.4 is 15.9 Å². The van der Waals surface area contributed by atoms with E-state index in [2.05, 4.69) is 150 Å². The number of hydrogen-bond donors (Lipinski definition) is 0. The number of aromatic nitrogens is 1. The molecule has 1 aliphatic rings. The molecule has 10 rings (SSSR count). The second-order valence-corrected chi connectivity index (χ2v) is 16.0. The van der Waals surface area contributed by atoms with Gasteiger partial charge in [-0.15, -0.1) is 0 Å². The van der Waals surface area contributed by atoms with Crippen LogP contribution in [0.2, 0.25) is 0 Å². The van der Waals surface area contributed by atoms with E-state index in [1.54, 1.807) is 0 Å². The van der Waals surface area contributed by atoms with Crippen molar-refractivity contribution in [3.05, 3.63) is 216 Å². The Morgan fingerprint density at radius 2 is 1.00 bits per heavy atom. The van der Waals surface area contributed by atoms with Crippen molar-refractivity contribution in [1.29, 1.82) is 0 Å². The highest BCUT2D eigenvalue weighted by Gasteiger charge is 2.45. The van der Waals surface area contributed by atoms with Gasteiger partial charge in [-0.25, -0.2) is 0 Å². The summed E-state index contributed by atoms with van der Waals surface area (Å²) in [6.07, 6.45) is 0. The quantitative estimate of drug-likeness (QED) is 0.169. The molecule has 0 N–H and O–H groups in total. The summed E-state index contributed by atoms with van der Waals surface area (Å²) in [5.41, 5.74) is 7.80. The van der Waals surface area contributed by atoms with Crippen LogP contribution in [0.25, 0.3) is 38.3 Å². The summed E-state index contributed by atoms with van der Waals surface area (Å²) < 4.78 is 18.2. The molecule has 0 saturated carbocycles. The molecule has 0 spiro atoms. The predicted molar refractivity (Wildman–Crippen MR) is 210 cm³/mol. The maximum atomic E-state index is 15.7. The Kier molecular flexibility index (Phi) is 6.40.